The minimum absolute atomic E-state index is 0.764. The summed E-state index contributed by atoms with van der Waals surface area (Å²) >= 11 is 0. The normalized spacial score (nSPS) is 33.1. The van der Waals surface area contributed by atoms with Gasteiger partial charge in [-0.05, 0) is 38.1 Å². The van der Waals surface area contributed by atoms with Crippen molar-refractivity contribution in [1.82, 2.24) is 4.90 Å². The highest BCUT2D eigenvalue weighted by Gasteiger charge is 2.40. The molecule has 2 unspecified atom stereocenters. The van der Waals surface area contributed by atoms with E-state index in [0.717, 1.165) is 31.1 Å². The first-order valence-corrected chi connectivity index (χ1v) is 5.43. The van der Waals surface area contributed by atoms with Crippen LogP contribution in [-0.4, -0.2) is 30.1 Å². The van der Waals surface area contributed by atoms with Crippen molar-refractivity contribution in [2.75, 3.05) is 13.1 Å². The van der Waals surface area contributed by atoms with Crippen molar-refractivity contribution in [3.8, 4) is 0 Å². The molecule has 0 heterocycles. The Morgan fingerprint density at radius 1 is 1.31 bits per heavy atom. The molecule has 2 nitrogen and oxygen atoms in total. The molecular formula is C11H20N2. The van der Waals surface area contributed by atoms with E-state index in [2.05, 4.69) is 11.5 Å². The van der Waals surface area contributed by atoms with E-state index in [-0.39, 0.29) is 0 Å². The number of hydrogen-bond acceptors (Lipinski definition) is 2. The van der Waals surface area contributed by atoms with Gasteiger partial charge in [-0.2, -0.15) is 0 Å². The molecule has 2 saturated carbocycles. The second-order valence-corrected chi connectivity index (χ2v) is 4.36. The summed E-state index contributed by atoms with van der Waals surface area (Å²) in [5.74, 6) is 0.764. The smallest absolute Gasteiger partial charge is 0.0166 e. The topological polar surface area (TPSA) is 29.3 Å². The van der Waals surface area contributed by atoms with Gasteiger partial charge in [0.15, 0.2) is 0 Å². The number of nitrogens with zero attached hydrogens (tertiary/aromatic N) is 1. The molecule has 2 rings (SSSR count). The molecule has 0 aliphatic heterocycles. The van der Waals surface area contributed by atoms with Gasteiger partial charge < -0.3 is 5.73 Å². The fourth-order valence-corrected chi connectivity index (χ4v) is 2.37. The third kappa shape index (κ3) is 1.79. The standard InChI is InChI=1S/C11H20N2/c1-2-7-13(10-4-5-10)11-6-3-9(11)8-12/h2,9-11H,1,3-8,12H2. The van der Waals surface area contributed by atoms with Crippen LogP contribution >= 0.6 is 0 Å². The molecule has 0 spiro atoms. The summed E-state index contributed by atoms with van der Waals surface area (Å²) in [7, 11) is 0. The van der Waals surface area contributed by atoms with Crippen LogP contribution in [0, 0.1) is 5.92 Å². The molecule has 13 heavy (non-hydrogen) atoms. The van der Waals surface area contributed by atoms with Gasteiger partial charge in [-0.1, -0.05) is 6.08 Å². The molecule has 0 bridgehead atoms. The van der Waals surface area contributed by atoms with Crippen LogP contribution in [0.2, 0.25) is 0 Å². The maximum atomic E-state index is 5.73. The molecule has 2 aliphatic carbocycles. The van der Waals surface area contributed by atoms with Gasteiger partial charge >= 0.3 is 0 Å². The Morgan fingerprint density at radius 2 is 2.08 bits per heavy atom. The fraction of sp³-hybridized carbons (Fsp3) is 0.818. The number of nitrogens with two attached hydrogens (primary N) is 1. The Kier molecular flexibility index (Phi) is 2.70. The SMILES string of the molecule is C=CCN(C1CC1)C1CCC1CN. The van der Waals surface area contributed by atoms with E-state index in [9.17, 15) is 0 Å². The summed E-state index contributed by atoms with van der Waals surface area (Å²) in [6, 6.07) is 1.63. The van der Waals surface area contributed by atoms with Crippen molar-refractivity contribution < 1.29 is 0 Å². The minimum Gasteiger partial charge on any atom is -0.330 e. The molecule has 2 aliphatic rings. The minimum atomic E-state index is 0.764. The second kappa shape index (κ2) is 3.81. The van der Waals surface area contributed by atoms with Crippen molar-refractivity contribution in [2.24, 2.45) is 11.7 Å². The largest absolute Gasteiger partial charge is 0.330 e. The summed E-state index contributed by atoms with van der Waals surface area (Å²) in [5.41, 5.74) is 5.73. The Hall–Kier alpha value is -0.340. The lowest BCUT2D eigenvalue weighted by Gasteiger charge is -2.44. The predicted molar refractivity (Wildman–Crippen MR) is 55.5 cm³/mol. The highest BCUT2D eigenvalue weighted by molar-refractivity contribution is 4.98. The average molecular weight is 180 g/mol. The number of hydrogen-bond donors (Lipinski definition) is 1. The molecule has 0 amide bonds. The molecule has 2 heteroatoms. The Morgan fingerprint density at radius 3 is 2.46 bits per heavy atom. The van der Waals surface area contributed by atoms with E-state index in [1.807, 2.05) is 6.08 Å². The van der Waals surface area contributed by atoms with E-state index >= 15 is 0 Å². The third-order valence-corrected chi connectivity index (χ3v) is 3.46. The Balaban J connectivity index is 1.90. The van der Waals surface area contributed by atoms with Crippen molar-refractivity contribution >= 4 is 0 Å². The van der Waals surface area contributed by atoms with Gasteiger partial charge in [0.05, 0.1) is 0 Å². The summed E-state index contributed by atoms with van der Waals surface area (Å²) in [4.78, 5) is 2.62. The van der Waals surface area contributed by atoms with Crippen LogP contribution in [0.15, 0.2) is 12.7 Å². The second-order valence-electron chi connectivity index (χ2n) is 4.36. The van der Waals surface area contributed by atoms with Crippen LogP contribution in [0.1, 0.15) is 25.7 Å². The van der Waals surface area contributed by atoms with Crippen LogP contribution in [0.25, 0.3) is 0 Å². The van der Waals surface area contributed by atoms with E-state index in [0.29, 0.717) is 0 Å². The molecular weight excluding hydrogens is 160 g/mol. The van der Waals surface area contributed by atoms with Gasteiger partial charge in [-0.25, -0.2) is 0 Å². The lowest BCUT2D eigenvalue weighted by atomic mass is 9.78. The first-order valence-electron chi connectivity index (χ1n) is 5.43. The first kappa shape index (κ1) is 9.22. The van der Waals surface area contributed by atoms with Crippen molar-refractivity contribution in [1.29, 1.82) is 0 Å². The maximum absolute atomic E-state index is 5.73. The maximum Gasteiger partial charge on any atom is 0.0166 e. The van der Waals surface area contributed by atoms with Crippen LogP contribution in [0.3, 0.4) is 0 Å². The van der Waals surface area contributed by atoms with E-state index in [4.69, 9.17) is 5.73 Å². The van der Waals surface area contributed by atoms with Crippen molar-refractivity contribution in [2.45, 2.75) is 37.8 Å². The van der Waals surface area contributed by atoms with Crippen LogP contribution in [-0.2, 0) is 0 Å². The van der Waals surface area contributed by atoms with Gasteiger partial charge in [0, 0.05) is 18.6 Å². The average Bonchev–Trinajstić information content (AvgIpc) is 2.84. The molecule has 74 valence electrons. The van der Waals surface area contributed by atoms with Gasteiger partial charge in [0.25, 0.3) is 0 Å². The zero-order chi connectivity index (χ0) is 9.26. The van der Waals surface area contributed by atoms with Gasteiger partial charge in [-0.15, -0.1) is 6.58 Å². The molecule has 0 aromatic carbocycles. The number of rotatable bonds is 5. The molecule has 0 radical (unpaired) electrons. The zero-order valence-corrected chi connectivity index (χ0v) is 8.28. The van der Waals surface area contributed by atoms with Crippen molar-refractivity contribution in [3.05, 3.63) is 12.7 Å². The molecule has 2 N–H and O–H groups in total. The van der Waals surface area contributed by atoms with Crippen molar-refractivity contribution in [3.63, 3.8) is 0 Å². The van der Waals surface area contributed by atoms with Crippen LogP contribution in [0.5, 0.6) is 0 Å². The third-order valence-electron chi connectivity index (χ3n) is 3.46. The Bertz CT molecular complexity index is 185. The van der Waals surface area contributed by atoms with E-state index in [1.54, 1.807) is 0 Å². The lowest BCUT2D eigenvalue weighted by molar-refractivity contribution is 0.0700. The highest BCUT2D eigenvalue weighted by atomic mass is 15.2. The van der Waals surface area contributed by atoms with Gasteiger partial charge in [0.1, 0.15) is 0 Å². The van der Waals surface area contributed by atoms with Gasteiger partial charge in [-0.3, -0.25) is 4.90 Å². The lowest BCUT2D eigenvalue weighted by Crippen LogP contribution is -2.50. The zero-order valence-electron chi connectivity index (χ0n) is 8.28. The van der Waals surface area contributed by atoms with Crippen LogP contribution in [0.4, 0.5) is 0 Å². The van der Waals surface area contributed by atoms with Gasteiger partial charge in [0.2, 0.25) is 0 Å². The molecule has 0 saturated heterocycles. The summed E-state index contributed by atoms with van der Waals surface area (Å²) in [5, 5.41) is 0. The predicted octanol–water partition coefficient (Wildman–Crippen LogP) is 1.37. The molecule has 2 fully saturated rings. The van der Waals surface area contributed by atoms with E-state index in [1.165, 1.54) is 25.7 Å². The first-order chi connectivity index (χ1) is 6.36. The highest BCUT2D eigenvalue weighted by Crippen LogP contribution is 2.38. The fourth-order valence-electron chi connectivity index (χ4n) is 2.37. The van der Waals surface area contributed by atoms with Crippen LogP contribution < -0.4 is 5.73 Å². The molecule has 2 atom stereocenters. The Labute approximate surface area is 80.8 Å². The summed E-state index contributed by atoms with van der Waals surface area (Å²) in [6.45, 7) is 5.76. The summed E-state index contributed by atoms with van der Waals surface area (Å²) in [6.07, 6.45) is 7.50. The monoisotopic (exact) mass is 180 g/mol. The molecule has 0 aromatic rings. The van der Waals surface area contributed by atoms with E-state index < -0.39 is 0 Å². The summed E-state index contributed by atoms with van der Waals surface area (Å²) < 4.78 is 0. The molecule has 0 aromatic heterocycles. The quantitative estimate of drug-likeness (QED) is 0.648.